The van der Waals surface area contributed by atoms with Gasteiger partial charge in [0.25, 0.3) is 0 Å². The fraction of sp³-hybridized carbons (Fsp3) is 0.929. The van der Waals surface area contributed by atoms with Crippen LogP contribution >= 0.6 is 0 Å². The highest BCUT2D eigenvalue weighted by Crippen LogP contribution is 2.21. The topological polar surface area (TPSA) is 40.5 Å². The van der Waals surface area contributed by atoms with Crippen molar-refractivity contribution in [1.82, 2.24) is 4.90 Å². The SMILES string of the molecule is CCCC[C@@H](CC)C(=O)N1CCC[C@@H](CO)C1. The van der Waals surface area contributed by atoms with Crippen molar-refractivity contribution in [1.29, 1.82) is 0 Å². The Morgan fingerprint density at radius 1 is 1.47 bits per heavy atom. The third-order valence-electron chi connectivity index (χ3n) is 3.84. The van der Waals surface area contributed by atoms with E-state index in [2.05, 4.69) is 13.8 Å². The summed E-state index contributed by atoms with van der Waals surface area (Å²) in [7, 11) is 0. The zero-order valence-corrected chi connectivity index (χ0v) is 11.3. The molecule has 1 aliphatic rings. The molecular weight excluding hydrogens is 214 g/mol. The van der Waals surface area contributed by atoms with Crippen molar-refractivity contribution in [3.05, 3.63) is 0 Å². The monoisotopic (exact) mass is 241 g/mol. The molecule has 100 valence electrons. The van der Waals surface area contributed by atoms with E-state index in [0.29, 0.717) is 11.8 Å². The van der Waals surface area contributed by atoms with Crippen LogP contribution in [-0.4, -0.2) is 35.6 Å². The Bertz CT molecular complexity index is 230. The average Bonchev–Trinajstić information content (AvgIpc) is 2.39. The molecular formula is C14H27NO2. The van der Waals surface area contributed by atoms with Gasteiger partial charge in [0.05, 0.1) is 0 Å². The summed E-state index contributed by atoms with van der Waals surface area (Å²) in [4.78, 5) is 14.3. The van der Waals surface area contributed by atoms with Crippen LogP contribution in [0.4, 0.5) is 0 Å². The van der Waals surface area contributed by atoms with Crippen LogP contribution in [0.1, 0.15) is 52.4 Å². The predicted molar refractivity (Wildman–Crippen MR) is 69.7 cm³/mol. The van der Waals surface area contributed by atoms with E-state index >= 15 is 0 Å². The number of piperidine rings is 1. The lowest BCUT2D eigenvalue weighted by Crippen LogP contribution is -2.43. The Hall–Kier alpha value is -0.570. The van der Waals surface area contributed by atoms with E-state index in [1.807, 2.05) is 4.90 Å². The summed E-state index contributed by atoms with van der Waals surface area (Å²) < 4.78 is 0. The molecule has 1 saturated heterocycles. The number of hydrogen-bond acceptors (Lipinski definition) is 2. The van der Waals surface area contributed by atoms with E-state index in [-0.39, 0.29) is 12.5 Å². The minimum atomic E-state index is 0.201. The van der Waals surface area contributed by atoms with Gasteiger partial charge in [0, 0.05) is 25.6 Å². The summed E-state index contributed by atoms with van der Waals surface area (Å²) in [6.45, 7) is 6.14. The van der Waals surface area contributed by atoms with Gasteiger partial charge in [0.2, 0.25) is 5.91 Å². The second-order valence-electron chi connectivity index (χ2n) is 5.22. The maximum Gasteiger partial charge on any atom is 0.225 e. The third kappa shape index (κ3) is 4.30. The first-order valence-corrected chi connectivity index (χ1v) is 7.12. The van der Waals surface area contributed by atoms with Crippen molar-refractivity contribution in [2.45, 2.75) is 52.4 Å². The summed E-state index contributed by atoms with van der Waals surface area (Å²) in [6.07, 6.45) is 6.36. The van der Waals surface area contributed by atoms with Crippen molar-refractivity contribution in [3.63, 3.8) is 0 Å². The number of aliphatic hydroxyl groups excluding tert-OH is 1. The summed E-state index contributed by atoms with van der Waals surface area (Å²) in [6, 6.07) is 0. The molecule has 0 spiro atoms. The number of likely N-dealkylation sites (tertiary alicyclic amines) is 1. The maximum atomic E-state index is 12.3. The number of carbonyl (C=O) groups excluding carboxylic acids is 1. The van der Waals surface area contributed by atoms with Crippen molar-refractivity contribution >= 4 is 5.91 Å². The molecule has 17 heavy (non-hydrogen) atoms. The summed E-state index contributed by atoms with van der Waals surface area (Å²) in [5, 5.41) is 9.19. The maximum absolute atomic E-state index is 12.3. The largest absolute Gasteiger partial charge is 0.396 e. The van der Waals surface area contributed by atoms with Crippen LogP contribution in [0, 0.1) is 11.8 Å². The molecule has 0 aromatic rings. The molecule has 0 bridgehead atoms. The van der Waals surface area contributed by atoms with E-state index in [4.69, 9.17) is 0 Å². The summed E-state index contributed by atoms with van der Waals surface area (Å²) >= 11 is 0. The standard InChI is InChI=1S/C14H27NO2/c1-3-5-8-13(4-2)14(17)15-9-6-7-12(10-15)11-16/h12-13,16H,3-11H2,1-2H3/t12-,13-/m1/s1. The Morgan fingerprint density at radius 2 is 2.24 bits per heavy atom. The molecule has 0 aliphatic carbocycles. The number of nitrogens with zero attached hydrogens (tertiary/aromatic N) is 1. The predicted octanol–water partition coefficient (Wildman–Crippen LogP) is 2.43. The van der Waals surface area contributed by atoms with Gasteiger partial charge < -0.3 is 10.0 Å². The van der Waals surface area contributed by atoms with Crippen LogP contribution in [0.25, 0.3) is 0 Å². The lowest BCUT2D eigenvalue weighted by molar-refractivity contribution is -0.138. The zero-order chi connectivity index (χ0) is 12.7. The first-order valence-electron chi connectivity index (χ1n) is 7.12. The van der Waals surface area contributed by atoms with Crippen LogP contribution in [0.5, 0.6) is 0 Å². The molecule has 1 N–H and O–H groups in total. The van der Waals surface area contributed by atoms with Gasteiger partial charge in [0.1, 0.15) is 0 Å². The molecule has 1 amide bonds. The average molecular weight is 241 g/mol. The Morgan fingerprint density at radius 3 is 2.82 bits per heavy atom. The fourth-order valence-electron chi connectivity index (χ4n) is 2.63. The van der Waals surface area contributed by atoms with Crippen molar-refractivity contribution < 1.29 is 9.90 Å². The van der Waals surface area contributed by atoms with Gasteiger partial charge >= 0.3 is 0 Å². The molecule has 1 aliphatic heterocycles. The van der Waals surface area contributed by atoms with Gasteiger partial charge in [0.15, 0.2) is 0 Å². The molecule has 0 saturated carbocycles. The summed E-state index contributed by atoms with van der Waals surface area (Å²) in [5.41, 5.74) is 0. The van der Waals surface area contributed by atoms with Gasteiger partial charge in [-0.25, -0.2) is 0 Å². The first-order chi connectivity index (χ1) is 8.22. The molecule has 1 fully saturated rings. The lowest BCUT2D eigenvalue weighted by Gasteiger charge is -2.34. The molecule has 0 radical (unpaired) electrons. The van der Waals surface area contributed by atoms with E-state index in [1.54, 1.807) is 0 Å². The fourth-order valence-corrected chi connectivity index (χ4v) is 2.63. The number of rotatable bonds is 6. The number of hydrogen-bond donors (Lipinski definition) is 1. The molecule has 1 heterocycles. The Balaban J connectivity index is 2.48. The molecule has 3 heteroatoms. The lowest BCUT2D eigenvalue weighted by atomic mass is 9.94. The van der Waals surface area contributed by atoms with Crippen molar-refractivity contribution in [2.24, 2.45) is 11.8 Å². The van der Waals surface area contributed by atoms with Crippen LogP contribution in [0.15, 0.2) is 0 Å². The van der Waals surface area contributed by atoms with E-state index < -0.39 is 0 Å². The molecule has 1 rings (SSSR count). The highest BCUT2D eigenvalue weighted by molar-refractivity contribution is 5.78. The van der Waals surface area contributed by atoms with Crippen LogP contribution in [0.3, 0.4) is 0 Å². The minimum absolute atomic E-state index is 0.201. The van der Waals surface area contributed by atoms with Crippen LogP contribution < -0.4 is 0 Å². The zero-order valence-electron chi connectivity index (χ0n) is 11.3. The number of unbranched alkanes of at least 4 members (excludes halogenated alkanes) is 1. The first kappa shape index (κ1) is 14.5. The number of carbonyl (C=O) groups is 1. The van der Waals surface area contributed by atoms with Gasteiger partial charge in [-0.15, -0.1) is 0 Å². The Labute approximate surface area is 105 Å². The Kier molecular flexibility index (Phi) is 6.56. The molecule has 0 aromatic carbocycles. The quantitative estimate of drug-likeness (QED) is 0.776. The number of amides is 1. The smallest absolute Gasteiger partial charge is 0.225 e. The second-order valence-corrected chi connectivity index (χ2v) is 5.22. The minimum Gasteiger partial charge on any atom is -0.396 e. The highest BCUT2D eigenvalue weighted by Gasteiger charge is 2.27. The molecule has 0 unspecified atom stereocenters. The van der Waals surface area contributed by atoms with Crippen LogP contribution in [-0.2, 0) is 4.79 Å². The van der Waals surface area contributed by atoms with Crippen molar-refractivity contribution in [2.75, 3.05) is 19.7 Å². The normalized spacial score (nSPS) is 22.5. The summed E-state index contributed by atoms with van der Waals surface area (Å²) in [5.74, 6) is 0.822. The molecule has 0 aromatic heterocycles. The molecule has 3 nitrogen and oxygen atoms in total. The van der Waals surface area contributed by atoms with Gasteiger partial charge in [-0.1, -0.05) is 26.7 Å². The van der Waals surface area contributed by atoms with Gasteiger partial charge in [-0.05, 0) is 31.6 Å². The van der Waals surface area contributed by atoms with Gasteiger partial charge in [-0.3, -0.25) is 4.79 Å². The number of aliphatic hydroxyl groups is 1. The van der Waals surface area contributed by atoms with Gasteiger partial charge in [-0.2, -0.15) is 0 Å². The van der Waals surface area contributed by atoms with E-state index in [9.17, 15) is 9.90 Å². The van der Waals surface area contributed by atoms with E-state index in [0.717, 1.165) is 51.6 Å². The third-order valence-corrected chi connectivity index (χ3v) is 3.84. The van der Waals surface area contributed by atoms with E-state index in [1.165, 1.54) is 0 Å². The second kappa shape index (κ2) is 7.70. The molecule has 2 atom stereocenters. The highest BCUT2D eigenvalue weighted by atomic mass is 16.3. The van der Waals surface area contributed by atoms with Crippen molar-refractivity contribution in [3.8, 4) is 0 Å². The van der Waals surface area contributed by atoms with Crippen LogP contribution in [0.2, 0.25) is 0 Å².